The number of aromatic nitrogens is 12. The van der Waals surface area contributed by atoms with Gasteiger partial charge in [0.15, 0.2) is 0 Å². The van der Waals surface area contributed by atoms with Crippen molar-refractivity contribution in [3.05, 3.63) is 169 Å². The maximum Gasteiger partial charge on any atom is 0.244 e. The first-order chi connectivity index (χ1) is 24.6. The fraction of sp³-hybridized carbons (Fsp3) is 0.263. The first-order valence-electron chi connectivity index (χ1n) is 17.2. The van der Waals surface area contributed by atoms with Crippen LogP contribution in [0.4, 0.5) is 0 Å². The van der Waals surface area contributed by atoms with Gasteiger partial charge in [-0.1, -0.05) is 13.8 Å². The van der Waals surface area contributed by atoms with E-state index in [4.69, 9.17) is 0 Å². The van der Waals surface area contributed by atoms with Gasteiger partial charge in [-0.2, -0.15) is 0 Å². The predicted molar refractivity (Wildman–Crippen MR) is 190 cm³/mol. The molecule has 0 saturated carbocycles. The quantitative estimate of drug-likeness (QED) is 0.0981. The molecule has 0 aliphatic carbocycles. The number of halogens is 4. The second-order valence-corrected chi connectivity index (χ2v) is 12.7. The lowest BCUT2D eigenvalue weighted by atomic mass is 10.3. The summed E-state index contributed by atoms with van der Waals surface area (Å²) >= 11 is 0. The number of hydrogen-bond donors (Lipinski definition) is 4. The van der Waals surface area contributed by atoms with Crippen molar-refractivity contribution in [1.82, 2.24) is 48.2 Å². The number of nitrogens with zero attached hydrogens (tertiary/aromatic N) is 8. The zero-order chi connectivity index (χ0) is 34.1. The summed E-state index contributed by atoms with van der Waals surface area (Å²) in [6, 6.07) is 17.2. The van der Waals surface area contributed by atoms with Crippen LogP contribution in [0.1, 0.15) is 59.4 Å². The fourth-order valence-electron chi connectivity index (χ4n) is 6.12. The topological polar surface area (TPSA) is 116 Å². The molecule has 0 radical (unpaired) electrons. The molecule has 0 spiro atoms. The molecule has 12 nitrogen and oxygen atoms in total. The van der Waals surface area contributed by atoms with Gasteiger partial charge in [-0.05, 0) is 61.4 Å². The van der Waals surface area contributed by atoms with Crippen LogP contribution in [0.2, 0.25) is 0 Å². The fourth-order valence-corrected chi connectivity index (χ4v) is 6.12. The number of rotatable bonds is 6. The van der Waals surface area contributed by atoms with Crippen LogP contribution in [0.15, 0.2) is 123 Å². The van der Waals surface area contributed by atoms with E-state index in [0.29, 0.717) is 0 Å². The third-order valence-corrected chi connectivity index (χ3v) is 8.72. The summed E-state index contributed by atoms with van der Waals surface area (Å²) in [4.78, 5) is 21.8. The van der Waals surface area contributed by atoms with Gasteiger partial charge in [0.2, 0.25) is 12.7 Å². The molecular formula is C38H46I4N12-2. The molecule has 0 fully saturated rings. The summed E-state index contributed by atoms with van der Waals surface area (Å²) < 4.78 is 12.9. The van der Waals surface area contributed by atoms with Gasteiger partial charge in [-0.25, -0.2) is 28.2 Å². The zero-order valence-electron chi connectivity index (χ0n) is 30.3. The predicted octanol–water partition coefficient (Wildman–Crippen LogP) is -7.31. The van der Waals surface area contributed by atoms with Crippen LogP contribution in [0, 0.1) is 0 Å². The van der Waals surface area contributed by atoms with E-state index >= 15 is 0 Å². The Morgan fingerprint density at radius 3 is 1.33 bits per heavy atom. The lowest BCUT2D eigenvalue weighted by molar-refractivity contribution is -0.689. The van der Waals surface area contributed by atoms with Gasteiger partial charge in [0, 0.05) is 47.6 Å². The summed E-state index contributed by atoms with van der Waals surface area (Å²) in [5.74, 6) is 0. The van der Waals surface area contributed by atoms with Crippen molar-refractivity contribution in [2.75, 3.05) is 0 Å². The van der Waals surface area contributed by atoms with E-state index in [1.807, 2.05) is 34.2 Å². The van der Waals surface area contributed by atoms with Crippen LogP contribution in [0.3, 0.4) is 0 Å². The van der Waals surface area contributed by atoms with Crippen molar-refractivity contribution in [2.24, 2.45) is 0 Å². The molecule has 54 heavy (non-hydrogen) atoms. The molecule has 1 aliphatic heterocycles. The van der Waals surface area contributed by atoms with E-state index in [9.17, 15) is 0 Å². The summed E-state index contributed by atoms with van der Waals surface area (Å²) in [5, 5.41) is 0. The SMILES string of the molecule is CCc1ccc(CC)[nH]1.[I-].[I-].[I-].[I-].c1cc2[nH]c1Cn1cc[n+](c1)Cc1ccc([nH]1)C[n+]1ccn(c1)C2.c1cn(Cc2ccc(Cn3ccnc3)[nH]2)cn1. The van der Waals surface area contributed by atoms with Crippen molar-refractivity contribution in [1.29, 1.82) is 0 Å². The van der Waals surface area contributed by atoms with Crippen molar-refractivity contribution in [3.8, 4) is 0 Å². The molecule has 9 heterocycles. The molecule has 0 amide bonds. The Morgan fingerprint density at radius 2 is 0.926 bits per heavy atom. The molecule has 8 aromatic rings. The monoisotopic (exact) mass is 1180 g/mol. The van der Waals surface area contributed by atoms with Crippen molar-refractivity contribution in [2.45, 2.75) is 66.0 Å². The molecule has 16 heteroatoms. The van der Waals surface area contributed by atoms with Crippen LogP contribution in [0.5, 0.6) is 0 Å². The number of H-pyrrole nitrogens is 4. The molecule has 0 unspecified atom stereocenters. The second kappa shape index (κ2) is 22.4. The van der Waals surface area contributed by atoms with E-state index in [-0.39, 0.29) is 95.9 Å². The molecule has 0 atom stereocenters. The minimum absolute atomic E-state index is 0. The number of imidazole rings is 4. The minimum Gasteiger partial charge on any atom is -1.00 e. The van der Waals surface area contributed by atoms with Gasteiger partial charge < -0.3 is 125 Å². The van der Waals surface area contributed by atoms with Crippen LogP contribution < -0.4 is 105 Å². The van der Waals surface area contributed by atoms with Crippen LogP contribution in [-0.2, 0) is 52.1 Å². The Balaban J connectivity index is 0.000000231. The highest BCUT2D eigenvalue weighted by Crippen LogP contribution is 2.09. The van der Waals surface area contributed by atoms with E-state index in [1.165, 1.54) is 45.6 Å². The maximum absolute atomic E-state index is 4.02. The zero-order valence-corrected chi connectivity index (χ0v) is 38.9. The smallest absolute Gasteiger partial charge is 0.244 e. The first kappa shape index (κ1) is 45.3. The minimum atomic E-state index is 0. The summed E-state index contributed by atoms with van der Waals surface area (Å²) in [6.45, 7) is 9.39. The van der Waals surface area contributed by atoms with Gasteiger partial charge in [0.1, 0.15) is 51.0 Å². The normalized spacial score (nSPS) is 11.3. The number of hydrogen-bond acceptors (Lipinski definition) is 2. The van der Waals surface area contributed by atoms with Gasteiger partial charge in [0.05, 0.1) is 48.5 Å². The standard InChI is InChI=1S/C18H20N6.C12H13N5.C8H13N.4HI/c1-2-16-10-22-7-8-24(14-22)12-18-4-3-17(20-18)11-23-6-5-21(13-23)9-15(1)19-16;1-2-12(8-17-6-4-14-10-17)15-11(1)7-16-5-3-13-9-16;1-3-7-5-6-8(4-2)9-7;;;;/h1-8,13-14,19-20H,9-12H2;1-6,9-10,15H,7-8H2;5-6,9H,3-4H2,1-2H3;4*1H/q+2;;;;;;/p-4. The Hall–Kier alpha value is -3.12. The Labute approximate surface area is 384 Å². The number of nitrogens with one attached hydrogen (secondary N) is 4. The van der Waals surface area contributed by atoms with Crippen LogP contribution >= 0.6 is 0 Å². The highest BCUT2D eigenvalue weighted by atomic mass is 127. The van der Waals surface area contributed by atoms with E-state index in [1.54, 1.807) is 12.4 Å². The van der Waals surface area contributed by atoms with Gasteiger partial charge >= 0.3 is 0 Å². The molecule has 8 aromatic heterocycles. The summed E-state index contributed by atoms with van der Waals surface area (Å²) in [6.07, 6.45) is 26.1. The van der Waals surface area contributed by atoms with Crippen LogP contribution in [-0.4, -0.2) is 48.2 Å². The number of fused-ring (bicyclic) bond motifs is 8. The third kappa shape index (κ3) is 13.0. The highest BCUT2D eigenvalue weighted by Gasteiger charge is 2.12. The molecule has 1 aliphatic rings. The highest BCUT2D eigenvalue weighted by molar-refractivity contribution is 5.16. The first-order valence-corrected chi connectivity index (χ1v) is 17.2. The number of aryl methyl sites for hydroxylation is 2. The van der Waals surface area contributed by atoms with E-state index in [0.717, 1.165) is 52.1 Å². The molecular weight excluding hydrogens is 1130 g/mol. The Bertz CT molecular complexity index is 1880. The van der Waals surface area contributed by atoms with Gasteiger partial charge in [-0.15, -0.1) is 0 Å². The van der Waals surface area contributed by atoms with E-state index in [2.05, 4.69) is 148 Å². The summed E-state index contributed by atoms with van der Waals surface area (Å²) in [7, 11) is 0. The average Bonchev–Trinajstić information content (AvgIpc) is 3.96. The van der Waals surface area contributed by atoms with Gasteiger partial charge in [0.25, 0.3) is 0 Å². The largest absolute Gasteiger partial charge is 1.00 e. The Morgan fingerprint density at radius 1 is 0.519 bits per heavy atom. The van der Waals surface area contributed by atoms with Crippen molar-refractivity contribution in [3.63, 3.8) is 0 Å². The molecule has 8 bridgehead atoms. The molecule has 288 valence electrons. The third-order valence-electron chi connectivity index (χ3n) is 8.72. The lowest BCUT2D eigenvalue weighted by Gasteiger charge is -2.01. The van der Waals surface area contributed by atoms with Crippen molar-refractivity contribution >= 4 is 0 Å². The van der Waals surface area contributed by atoms with E-state index < -0.39 is 0 Å². The maximum atomic E-state index is 4.02. The van der Waals surface area contributed by atoms with Gasteiger partial charge in [-0.3, -0.25) is 0 Å². The van der Waals surface area contributed by atoms with Crippen molar-refractivity contribution < 1.29 is 105 Å². The lowest BCUT2D eigenvalue weighted by Crippen LogP contribution is -3.00. The number of aromatic amines is 4. The van der Waals surface area contributed by atoms with Crippen LogP contribution in [0.25, 0.3) is 0 Å². The second-order valence-electron chi connectivity index (χ2n) is 12.7. The molecule has 0 aromatic carbocycles. The summed E-state index contributed by atoms with van der Waals surface area (Å²) in [5.41, 5.74) is 9.93. The molecule has 9 rings (SSSR count). The molecule has 0 saturated heterocycles. The molecule has 4 N–H and O–H groups in total. The average molecular weight is 1180 g/mol. The Kier molecular flexibility index (Phi) is 18.8.